The molecule has 1 amide bonds. The number of aromatic carboxylic acids is 1. The zero-order valence-electron chi connectivity index (χ0n) is 20.1. The first kappa shape index (κ1) is 25.0. The molecule has 0 bridgehead atoms. The Bertz CT molecular complexity index is 1080. The molecular formula is C27H32ClNO4. The van der Waals surface area contributed by atoms with Crippen LogP contribution >= 0.6 is 11.6 Å². The van der Waals surface area contributed by atoms with E-state index in [-0.39, 0.29) is 29.4 Å². The number of nitrogens with zero attached hydrogens (tertiary/aromatic N) is 1. The summed E-state index contributed by atoms with van der Waals surface area (Å²) in [4.78, 5) is 26.0. The molecule has 1 aliphatic rings. The van der Waals surface area contributed by atoms with Gasteiger partial charge in [0.25, 0.3) is 0 Å². The Kier molecular flexibility index (Phi) is 7.06. The number of carbonyl (C=O) groups is 2. The van der Waals surface area contributed by atoms with Crippen molar-refractivity contribution in [2.45, 2.75) is 65.6 Å². The number of carbonyl (C=O) groups excluding carboxylic acids is 1. The lowest BCUT2D eigenvalue weighted by molar-refractivity contribution is -0.119. The number of hydrogen-bond acceptors (Lipinski definition) is 3. The first-order valence-electron chi connectivity index (χ1n) is 11.1. The van der Waals surface area contributed by atoms with Gasteiger partial charge in [0.15, 0.2) is 0 Å². The van der Waals surface area contributed by atoms with Crippen molar-refractivity contribution in [3.05, 3.63) is 76.0 Å². The number of rotatable bonds is 6. The predicted molar refractivity (Wildman–Crippen MR) is 132 cm³/mol. The van der Waals surface area contributed by atoms with Crippen molar-refractivity contribution in [1.29, 1.82) is 0 Å². The summed E-state index contributed by atoms with van der Waals surface area (Å²) in [6.07, 6.45) is 2.18. The van der Waals surface area contributed by atoms with Gasteiger partial charge in [-0.3, -0.25) is 9.69 Å². The maximum atomic E-state index is 13.2. The average Bonchev–Trinajstić information content (AvgIpc) is 2.72. The number of carboxylic acid groups (broad SMARTS) is 1. The van der Waals surface area contributed by atoms with Gasteiger partial charge in [0.05, 0.1) is 17.8 Å². The molecule has 6 heteroatoms. The highest BCUT2D eigenvalue weighted by molar-refractivity contribution is 6.31. The van der Waals surface area contributed by atoms with E-state index in [4.69, 9.17) is 21.4 Å². The fourth-order valence-electron chi connectivity index (χ4n) is 4.18. The molecule has 1 heterocycles. The molecule has 0 radical (unpaired) electrons. The molecule has 33 heavy (non-hydrogen) atoms. The number of halogens is 1. The van der Waals surface area contributed by atoms with Crippen LogP contribution in [0.4, 0.5) is 5.69 Å². The zero-order chi connectivity index (χ0) is 24.6. The maximum absolute atomic E-state index is 13.2. The molecule has 0 fully saturated rings. The highest BCUT2D eigenvalue weighted by Gasteiger charge is 2.40. The molecule has 1 N–H and O–H groups in total. The SMILES string of the molecule is CC(C)C1=CN(c2ccc(C(=O)O)cc2)C(=O)C[C@@]1(C)c1ccc(COC(C)(C)C)c(Cl)c1. The minimum absolute atomic E-state index is 0.0544. The standard InChI is InChI=1S/C27H32ClNO4/c1-17(2)22-15-29(21-11-8-18(9-12-21)25(31)32)24(30)14-27(22,6)20-10-7-19(23(28)13-20)16-33-26(3,4)5/h7-13,15,17H,14,16H2,1-6H3,(H,31,32)/t27-/m0/s1. The first-order valence-corrected chi connectivity index (χ1v) is 11.5. The highest BCUT2D eigenvalue weighted by atomic mass is 35.5. The molecule has 0 unspecified atom stereocenters. The Morgan fingerprint density at radius 1 is 1.18 bits per heavy atom. The summed E-state index contributed by atoms with van der Waals surface area (Å²) >= 11 is 6.63. The van der Waals surface area contributed by atoms with Crippen LogP contribution in [-0.2, 0) is 21.6 Å². The third-order valence-corrected chi connectivity index (χ3v) is 6.40. The second kappa shape index (κ2) is 9.32. The Morgan fingerprint density at radius 3 is 2.33 bits per heavy atom. The minimum atomic E-state index is -0.995. The quantitative estimate of drug-likeness (QED) is 0.518. The molecule has 1 aliphatic heterocycles. The van der Waals surface area contributed by atoms with Crippen LogP contribution in [0.2, 0.25) is 5.02 Å². The van der Waals surface area contributed by atoms with E-state index in [1.807, 2.05) is 45.2 Å². The topological polar surface area (TPSA) is 66.8 Å². The molecule has 1 atom stereocenters. The molecule has 0 saturated heterocycles. The molecule has 2 aromatic carbocycles. The minimum Gasteiger partial charge on any atom is -0.478 e. The summed E-state index contributed by atoms with van der Waals surface area (Å²) in [5.74, 6) is -0.862. The largest absolute Gasteiger partial charge is 0.478 e. The molecule has 5 nitrogen and oxygen atoms in total. The van der Waals surface area contributed by atoms with Crippen LogP contribution in [0.3, 0.4) is 0 Å². The third-order valence-electron chi connectivity index (χ3n) is 6.04. The van der Waals surface area contributed by atoms with Crippen molar-refractivity contribution >= 4 is 29.2 Å². The van der Waals surface area contributed by atoms with Gasteiger partial charge in [0.2, 0.25) is 5.91 Å². The van der Waals surface area contributed by atoms with E-state index >= 15 is 0 Å². The van der Waals surface area contributed by atoms with Gasteiger partial charge in [-0.2, -0.15) is 0 Å². The molecular weight excluding hydrogens is 438 g/mol. The van der Waals surface area contributed by atoms with Gasteiger partial charge < -0.3 is 9.84 Å². The van der Waals surface area contributed by atoms with E-state index < -0.39 is 11.4 Å². The lowest BCUT2D eigenvalue weighted by Gasteiger charge is -2.41. The third kappa shape index (κ3) is 5.48. The summed E-state index contributed by atoms with van der Waals surface area (Å²) < 4.78 is 5.88. The number of benzene rings is 2. The van der Waals surface area contributed by atoms with Crippen molar-refractivity contribution in [3.63, 3.8) is 0 Å². The second-order valence-corrected chi connectivity index (χ2v) is 10.5. The van der Waals surface area contributed by atoms with Crippen LogP contribution in [0.25, 0.3) is 0 Å². The normalized spacial score (nSPS) is 19.1. The molecule has 0 saturated carbocycles. The van der Waals surface area contributed by atoms with Gasteiger partial charge in [-0.05, 0) is 73.7 Å². The predicted octanol–water partition coefficient (Wildman–Crippen LogP) is 6.59. The number of hydrogen-bond donors (Lipinski definition) is 1. The highest BCUT2D eigenvalue weighted by Crippen LogP contribution is 2.44. The van der Waals surface area contributed by atoms with E-state index in [1.54, 1.807) is 17.0 Å². The van der Waals surface area contributed by atoms with Crippen molar-refractivity contribution < 1.29 is 19.4 Å². The van der Waals surface area contributed by atoms with Gasteiger partial charge in [0, 0.05) is 28.7 Å². The number of carboxylic acids is 1. The van der Waals surface area contributed by atoms with Crippen molar-refractivity contribution in [2.24, 2.45) is 5.92 Å². The van der Waals surface area contributed by atoms with Crippen LogP contribution in [0.15, 0.2) is 54.2 Å². The van der Waals surface area contributed by atoms with Gasteiger partial charge >= 0.3 is 5.97 Å². The van der Waals surface area contributed by atoms with Crippen molar-refractivity contribution in [3.8, 4) is 0 Å². The second-order valence-electron chi connectivity index (χ2n) is 10.1. The van der Waals surface area contributed by atoms with E-state index in [9.17, 15) is 9.59 Å². The number of ether oxygens (including phenoxy) is 1. The molecule has 176 valence electrons. The number of anilines is 1. The smallest absolute Gasteiger partial charge is 0.335 e. The summed E-state index contributed by atoms with van der Waals surface area (Å²) in [6.45, 7) is 12.7. The Hall–Kier alpha value is -2.63. The summed E-state index contributed by atoms with van der Waals surface area (Å²) in [7, 11) is 0. The van der Waals surface area contributed by atoms with Gasteiger partial charge in [-0.25, -0.2) is 4.79 Å². The average molecular weight is 470 g/mol. The summed E-state index contributed by atoms with van der Waals surface area (Å²) in [5.41, 5.74) is 3.08. The fourth-order valence-corrected chi connectivity index (χ4v) is 4.42. The van der Waals surface area contributed by atoms with Crippen LogP contribution in [0, 0.1) is 5.92 Å². The molecule has 0 aliphatic carbocycles. The first-order chi connectivity index (χ1) is 15.3. The van der Waals surface area contributed by atoms with Crippen LogP contribution in [0.1, 0.15) is 69.4 Å². The molecule has 2 aromatic rings. The van der Waals surface area contributed by atoms with Gasteiger partial charge in [-0.1, -0.05) is 44.5 Å². The van der Waals surface area contributed by atoms with E-state index in [1.165, 1.54) is 12.1 Å². The fraction of sp³-hybridized carbons (Fsp3) is 0.407. The molecule has 0 spiro atoms. The van der Waals surface area contributed by atoms with E-state index in [0.29, 0.717) is 17.3 Å². The monoisotopic (exact) mass is 469 g/mol. The zero-order valence-corrected chi connectivity index (χ0v) is 20.9. The molecule has 3 rings (SSSR count). The number of amides is 1. The lowest BCUT2D eigenvalue weighted by Crippen LogP contribution is -2.42. The Morgan fingerprint density at radius 2 is 1.82 bits per heavy atom. The van der Waals surface area contributed by atoms with E-state index in [0.717, 1.165) is 16.7 Å². The summed E-state index contributed by atoms with van der Waals surface area (Å²) in [6, 6.07) is 12.3. The van der Waals surface area contributed by atoms with Crippen LogP contribution in [-0.4, -0.2) is 22.6 Å². The van der Waals surface area contributed by atoms with Gasteiger partial charge in [-0.15, -0.1) is 0 Å². The van der Waals surface area contributed by atoms with Crippen LogP contribution in [0.5, 0.6) is 0 Å². The maximum Gasteiger partial charge on any atom is 0.335 e. The van der Waals surface area contributed by atoms with Gasteiger partial charge in [0.1, 0.15) is 0 Å². The Balaban J connectivity index is 1.97. The van der Waals surface area contributed by atoms with Crippen molar-refractivity contribution in [2.75, 3.05) is 4.90 Å². The van der Waals surface area contributed by atoms with Crippen molar-refractivity contribution in [1.82, 2.24) is 0 Å². The lowest BCUT2D eigenvalue weighted by atomic mass is 9.68. The number of allylic oxidation sites excluding steroid dienone is 1. The summed E-state index contributed by atoms with van der Waals surface area (Å²) in [5, 5.41) is 9.78. The molecule has 0 aromatic heterocycles. The van der Waals surface area contributed by atoms with Crippen LogP contribution < -0.4 is 4.90 Å². The Labute approximate surface area is 201 Å². The van der Waals surface area contributed by atoms with E-state index in [2.05, 4.69) is 20.8 Å².